The lowest BCUT2D eigenvalue weighted by atomic mass is 10.1. The maximum Gasteiger partial charge on any atom is 0.214 e. The summed E-state index contributed by atoms with van der Waals surface area (Å²) < 4.78 is 21.4. The van der Waals surface area contributed by atoms with Gasteiger partial charge in [0, 0.05) is 49.8 Å². The molecule has 1 aliphatic rings. The van der Waals surface area contributed by atoms with E-state index in [1.165, 1.54) is 5.69 Å². The van der Waals surface area contributed by atoms with Crippen LogP contribution in [0.4, 0.5) is 15.8 Å². The first-order valence-electron chi connectivity index (χ1n) is 11.6. The van der Waals surface area contributed by atoms with Crippen molar-refractivity contribution in [3.05, 3.63) is 78.4 Å². The van der Waals surface area contributed by atoms with Crippen LogP contribution >= 0.6 is 0 Å². The summed E-state index contributed by atoms with van der Waals surface area (Å²) >= 11 is 0. The van der Waals surface area contributed by atoms with Crippen LogP contribution in [0.25, 0.3) is 11.1 Å². The highest BCUT2D eigenvalue weighted by atomic mass is 28.3. The van der Waals surface area contributed by atoms with Crippen LogP contribution in [-0.4, -0.2) is 40.2 Å². The summed E-state index contributed by atoms with van der Waals surface area (Å²) in [7, 11) is -1.00. The minimum atomic E-state index is -1.00. The predicted octanol–water partition coefficient (Wildman–Crippen LogP) is 6.15. The molecule has 173 valence electrons. The standard InChI is InChI=1S/C27H33FN3OSi/c1-27(2,3)33(4)32-20-23-7-5-9-25(26(23)28)31-17-15-30(16-18-31)24-12-10-21(11-13-24)22-8-6-14-29-19-22/h5-14,19H,15-18,20H2,1-4H3. The lowest BCUT2D eigenvalue weighted by Crippen LogP contribution is -2.46. The number of hydrogen-bond acceptors (Lipinski definition) is 4. The first-order valence-corrected chi connectivity index (χ1v) is 13.5. The monoisotopic (exact) mass is 462 g/mol. The van der Waals surface area contributed by atoms with E-state index in [-0.39, 0.29) is 10.9 Å². The van der Waals surface area contributed by atoms with Crippen molar-refractivity contribution < 1.29 is 8.82 Å². The van der Waals surface area contributed by atoms with E-state index >= 15 is 4.39 Å². The van der Waals surface area contributed by atoms with Gasteiger partial charge in [0.25, 0.3) is 0 Å². The van der Waals surface area contributed by atoms with Gasteiger partial charge in [0.15, 0.2) is 5.82 Å². The van der Waals surface area contributed by atoms with Gasteiger partial charge >= 0.3 is 0 Å². The van der Waals surface area contributed by atoms with Crippen molar-refractivity contribution in [1.29, 1.82) is 0 Å². The third kappa shape index (κ3) is 5.62. The molecular weight excluding hydrogens is 429 g/mol. The Morgan fingerprint density at radius 3 is 2.24 bits per heavy atom. The zero-order valence-electron chi connectivity index (χ0n) is 20.0. The van der Waals surface area contributed by atoms with Gasteiger partial charge in [-0.15, -0.1) is 0 Å². The zero-order valence-corrected chi connectivity index (χ0v) is 21.0. The van der Waals surface area contributed by atoms with Crippen molar-refractivity contribution >= 4 is 20.4 Å². The zero-order chi connectivity index (χ0) is 23.4. The molecule has 0 atom stereocenters. The molecule has 1 fully saturated rings. The highest BCUT2D eigenvalue weighted by Crippen LogP contribution is 2.30. The molecule has 1 aromatic heterocycles. The van der Waals surface area contributed by atoms with E-state index < -0.39 is 9.04 Å². The summed E-state index contributed by atoms with van der Waals surface area (Å²) in [5.74, 6) is -0.143. The van der Waals surface area contributed by atoms with E-state index in [0.29, 0.717) is 17.9 Å². The second-order valence-electron chi connectivity index (χ2n) is 9.61. The summed E-state index contributed by atoms with van der Waals surface area (Å²) in [6, 6.07) is 18.3. The molecule has 2 aromatic carbocycles. The van der Waals surface area contributed by atoms with Crippen LogP contribution in [0.15, 0.2) is 67.0 Å². The van der Waals surface area contributed by atoms with Gasteiger partial charge in [-0.05, 0) is 47.0 Å². The summed E-state index contributed by atoms with van der Waals surface area (Å²) in [4.78, 5) is 8.72. The third-order valence-corrected chi connectivity index (χ3v) is 9.10. The van der Waals surface area contributed by atoms with Gasteiger partial charge in [0.05, 0.1) is 12.3 Å². The number of benzene rings is 2. The van der Waals surface area contributed by atoms with Crippen LogP contribution in [0.3, 0.4) is 0 Å². The SMILES string of the molecule is C[Si](OCc1cccc(N2CCN(c3ccc(-c4cccnc4)cc3)CC2)c1F)C(C)(C)C. The largest absolute Gasteiger partial charge is 0.412 e. The van der Waals surface area contributed by atoms with Crippen molar-refractivity contribution in [1.82, 2.24) is 4.98 Å². The molecule has 0 N–H and O–H groups in total. The average molecular weight is 463 g/mol. The lowest BCUT2D eigenvalue weighted by Gasteiger charge is -2.37. The first kappa shape index (κ1) is 23.5. The number of piperazine rings is 1. The Hall–Kier alpha value is -2.70. The number of hydrogen-bond donors (Lipinski definition) is 0. The minimum Gasteiger partial charge on any atom is -0.412 e. The molecule has 0 aliphatic carbocycles. The average Bonchev–Trinajstić information content (AvgIpc) is 2.83. The van der Waals surface area contributed by atoms with Crippen molar-refractivity contribution in [3.63, 3.8) is 0 Å². The summed E-state index contributed by atoms with van der Waals surface area (Å²) in [5, 5.41) is 0.130. The Kier molecular flexibility index (Phi) is 7.15. The first-order chi connectivity index (χ1) is 15.8. The molecule has 1 radical (unpaired) electrons. The van der Waals surface area contributed by atoms with E-state index in [1.807, 2.05) is 30.5 Å². The van der Waals surface area contributed by atoms with Gasteiger partial charge in [-0.3, -0.25) is 4.98 Å². The van der Waals surface area contributed by atoms with E-state index in [9.17, 15) is 0 Å². The highest BCUT2D eigenvalue weighted by Gasteiger charge is 2.25. The summed E-state index contributed by atoms with van der Waals surface area (Å²) in [5.41, 5.74) is 4.81. The Balaban J connectivity index is 1.38. The molecule has 33 heavy (non-hydrogen) atoms. The van der Waals surface area contributed by atoms with E-state index in [2.05, 4.69) is 72.4 Å². The summed E-state index contributed by atoms with van der Waals surface area (Å²) in [6.07, 6.45) is 3.67. The van der Waals surface area contributed by atoms with Gasteiger partial charge in [-0.2, -0.15) is 0 Å². The molecule has 0 saturated carbocycles. The fraction of sp³-hybridized carbons (Fsp3) is 0.370. The van der Waals surface area contributed by atoms with Crippen molar-refractivity contribution in [2.75, 3.05) is 36.0 Å². The number of halogens is 1. The van der Waals surface area contributed by atoms with Gasteiger partial charge in [-0.1, -0.05) is 51.1 Å². The van der Waals surface area contributed by atoms with Crippen molar-refractivity contribution in [3.8, 4) is 11.1 Å². The lowest BCUT2D eigenvalue weighted by molar-refractivity contribution is 0.288. The van der Waals surface area contributed by atoms with Crippen LogP contribution in [0, 0.1) is 5.82 Å². The van der Waals surface area contributed by atoms with Gasteiger partial charge in [0.1, 0.15) is 0 Å². The fourth-order valence-electron chi connectivity index (χ4n) is 3.93. The Morgan fingerprint density at radius 1 is 0.909 bits per heavy atom. The highest BCUT2D eigenvalue weighted by molar-refractivity contribution is 6.53. The number of aromatic nitrogens is 1. The normalized spacial score (nSPS) is 14.7. The predicted molar refractivity (Wildman–Crippen MR) is 137 cm³/mol. The molecular formula is C27H33FN3OSi. The Bertz CT molecular complexity index is 1050. The molecule has 0 unspecified atom stereocenters. The second-order valence-corrected chi connectivity index (χ2v) is 12.5. The van der Waals surface area contributed by atoms with Gasteiger partial charge in [0.2, 0.25) is 9.04 Å². The minimum absolute atomic E-state index is 0.130. The number of nitrogens with zero attached hydrogens (tertiary/aromatic N) is 3. The quantitative estimate of drug-likeness (QED) is 0.411. The van der Waals surface area contributed by atoms with E-state index in [0.717, 1.165) is 37.3 Å². The number of anilines is 2. The molecule has 4 nitrogen and oxygen atoms in total. The molecule has 1 saturated heterocycles. The van der Waals surface area contributed by atoms with Crippen LogP contribution < -0.4 is 9.80 Å². The van der Waals surface area contributed by atoms with Crippen LogP contribution in [-0.2, 0) is 11.0 Å². The molecule has 4 rings (SSSR count). The van der Waals surface area contributed by atoms with Crippen molar-refractivity contribution in [2.24, 2.45) is 0 Å². The molecule has 1 aliphatic heterocycles. The molecule has 0 bridgehead atoms. The molecule has 6 heteroatoms. The maximum absolute atomic E-state index is 15.3. The van der Waals surface area contributed by atoms with E-state index in [1.54, 1.807) is 6.20 Å². The molecule has 0 spiro atoms. The fourth-order valence-corrected chi connectivity index (χ4v) is 4.73. The Morgan fingerprint density at radius 2 is 1.61 bits per heavy atom. The van der Waals surface area contributed by atoms with Crippen molar-refractivity contribution in [2.45, 2.75) is 39.0 Å². The molecule has 3 aromatic rings. The van der Waals surface area contributed by atoms with Crippen LogP contribution in [0.1, 0.15) is 26.3 Å². The second kappa shape index (κ2) is 10.1. The third-order valence-electron chi connectivity index (χ3n) is 6.41. The van der Waals surface area contributed by atoms with Crippen LogP contribution in [0.5, 0.6) is 0 Å². The molecule has 2 heterocycles. The Labute approximate surface area is 198 Å². The topological polar surface area (TPSA) is 28.6 Å². The number of pyridine rings is 1. The summed E-state index contributed by atoms with van der Waals surface area (Å²) in [6.45, 7) is 12.3. The van der Waals surface area contributed by atoms with E-state index in [4.69, 9.17) is 4.43 Å². The maximum atomic E-state index is 15.3. The number of rotatable bonds is 6. The smallest absolute Gasteiger partial charge is 0.214 e. The van der Waals surface area contributed by atoms with Crippen LogP contribution in [0.2, 0.25) is 11.6 Å². The van der Waals surface area contributed by atoms with Gasteiger partial charge in [-0.25, -0.2) is 4.39 Å². The molecule has 0 amide bonds. The van der Waals surface area contributed by atoms with Gasteiger partial charge < -0.3 is 14.2 Å².